The molecule has 0 saturated heterocycles. The molecule has 4 nitrogen and oxygen atoms in total. The maximum Gasteiger partial charge on any atom is 0.269 e. The Balaban J connectivity index is 2.81. The summed E-state index contributed by atoms with van der Waals surface area (Å²) in [5.41, 5.74) is 0.0690. The van der Waals surface area contributed by atoms with Crippen molar-refractivity contribution in [3.63, 3.8) is 0 Å². The van der Waals surface area contributed by atoms with Gasteiger partial charge in [0, 0.05) is 21.9 Å². The number of nitrogens with zero attached hydrogens (tertiary/aromatic N) is 1. The monoisotopic (exact) mass is 263 g/mol. The van der Waals surface area contributed by atoms with Crippen molar-refractivity contribution in [3.05, 3.63) is 70.2 Å². The van der Waals surface area contributed by atoms with Gasteiger partial charge in [-0.3, -0.25) is 10.1 Å². The number of hydrogen-bond acceptors (Lipinski definition) is 4. The first-order valence-electron chi connectivity index (χ1n) is 5.20. The molecular weight excluding hydrogens is 250 g/mol. The van der Waals surface area contributed by atoms with Crippen LogP contribution < -0.4 is 0 Å². The Morgan fingerprint density at radius 3 is 2.61 bits per heavy atom. The van der Waals surface area contributed by atoms with Crippen molar-refractivity contribution in [1.82, 2.24) is 0 Å². The van der Waals surface area contributed by atoms with Crippen LogP contribution in [0.15, 0.2) is 64.9 Å². The minimum atomic E-state index is -0.430. The zero-order valence-corrected chi connectivity index (χ0v) is 10.5. The van der Waals surface area contributed by atoms with Crippen molar-refractivity contribution < 1.29 is 10.0 Å². The van der Waals surface area contributed by atoms with Crippen molar-refractivity contribution in [2.75, 3.05) is 6.61 Å². The van der Waals surface area contributed by atoms with Crippen LogP contribution in [0.3, 0.4) is 0 Å². The van der Waals surface area contributed by atoms with Crippen molar-refractivity contribution in [1.29, 1.82) is 0 Å². The van der Waals surface area contributed by atoms with E-state index in [1.54, 1.807) is 36.4 Å². The largest absolute Gasteiger partial charge is 0.392 e. The number of allylic oxidation sites excluding steroid dienone is 3. The van der Waals surface area contributed by atoms with E-state index in [0.717, 1.165) is 9.80 Å². The summed E-state index contributed by atoms with van der Waals surface area (Å²) < 4.78 is 0. The van der Waals surface area contributed by atoms with Gasteiger partial charge in [0.25, 0.3) is 5.69 Å². The molecular formula is C13H13NO3S. The van der Waals surface area contributed by atoms with Crippen LogP contribution in [0.25, 0.3) is 0 Å². The summed E-state index contributed by atoms with van der Waals surface area (Å²) in [5, 5.41) is 19.2. The van der Waals surface area contributed by atoms with Gasteiger partial charge in [0.2, 0.25) is 0 Å². The highest BCUT2D eigenvalue weighted by Crippen LogP contribution is 2.28. The molecule has 0 aliphatic heterocycles. The van der Waals surface area contributed by atoms with Gasteiger partial charge < -0.3 is 5.11 Å². The van der Waals surface area contributed by atoms with Crippen molar-refractivity contribution in [2.24, 2.45) is 0 Å². The molecule has 94 valence electrons. The van der Waals surface area contributed by atoms with Gasteiger partial charge in [0.1, 0.15) is 0 Å². The number of aliphatic hydroxyl groups excluding tert-OH is 1. The summed E-state index contributed by atoms with van der Waals surface area (Å²) in [5.74, 6) is 0. The molecule has 18 heavy (non-hydrogen) atoms. The number of rotatable bonds is 6. The van der Waals surface area contributed by atoms with E-state index >= 15 is 0 Å². The van der Waals surface area contributed by atoms with Crippen molar-refractivity contribution in [3.8, 4) is 0 Å². The van der Waals surface area contributed by atoms with Crippen LogP contribution in [-0.4, -0.2) is 16.6 Å². The van der Waals surface area contributed by atoms with E-state index in [0.29, 0.717) is 0 Å². The second-order valence-corrected chi connectivity index (χ2v) is 4.39. The minimum Gasteiger partial charge on any atom is -0.392 e. The predicted octanol–water partition coefficient (Wildman–Crippen LogP) is 3.31. The first kappa shape index (κ1) is 14.2. The maximum absolute atomic E-state index is 10.5. The molecule has 0 aliphatic rings. The zero-order valence-electron chi connectivity index (χ0n) is 9.65. The van der Waals surface area contributed by atoms with E-state index < -0.39 is 4.92 Å². The second kappa shape index (κ2) is 7.47. The van der Waals surface area contributed by atoms with Gasteiger partial charge in [-0.25, -0.2) is 0 Å². The molecule has 0 fully saturated rings. The topological polar surface area (TPSA) is 63.4 Å². The zero-order chi connectivity index (χ0) is 13.4. The fourth-order valence-electron chi connectivity index (χ4n) is 1.18. The van der Waals surface area contributed by atoms with E-state index in [4.69, 9.17) is 5.11 Å². The van der Waals surface area contributed by atoms with Gasteiger partial charge in [-0.15, -0.1) is 0 Å². The first-order chi connectivity index (χ1) is 8.67. The molecule has 0 atom stereocenters. The Morgan fingerprint density at radius 2 is 2.11 bits per heavy atom. The third-order valence-corrected chi connectivity index (χ3v) is 2.97. The van der Waals surface area contributed by atoms with Gasteiger partial charge in [-0.1, -0.05) is 30.5 Å². The summed E-state index contributed by atoms with van der Waals surface area (Å²) in [4.78, 5) is 11.9. The summed E-state index contributed by atoms with van der Waals surface area (Å²) in [6.45, 7) is 3.58. The molecule has 0 heterocycles. The fraction of sp³-hybridized carbons (Fsp3) is 0.0769. The number of nitro groups is 1. The number of benzene rings is 1. The number of non-ortho nitro benzene ring substituents is 1. The molecule has 0 bridgehead atoms. The Kier molecular flexibility index (Phi) is 5.90. The smallest absolute Gasteiger partial charge is 0.269 e. The van der Waals surface area contributed by atoms with E-state index in [1.165, 1.54) is 23.9 Å². The van der Waals surface area contributed by atoms with Crippen molar-refractivity contribution >= 4 is 17.4 Å². The lowest BCUT2D eigenvalue weighted by Crippen LogP contribution is -1.86. The Hall–Kier alpha value is -1.85. The highest BCUT2D eigenvalue weighted by Gasteiger charge is 2.04. The molecule has 0 amide bonds. The van der Waals surface area contributed by atoms with Crippen LogP contribution in [0.4, 0.5) is 5.69 Å². The molecule has 1 N–H and O–H groups in total. The summed E-state index contributed by atoms with van der Waals surface area (Å²) in [6.07, 6.45) is 6.84. The normalized spacial score (nSPS) is 11.7. The van der Waals surface area contributed by atoms with Crippen LogP contribution in [0, 0.1) is 10.1 Å². The quantitative estimate of drug-likeness (QED) is 0.370. The molecule has 5 heteroatoms. The molecule has 0 aromatic heterocycles. The average molecular weight is 263 g/mol. The van der Waals surface area contributed by atoms with E-state index in [9.17, 15) is 10.1 Å². The average Bonchev–Trinajstić information content (AvgIpc) is 2.37. The highest BCUT2D eigenvalue weighted by molar-refractivity contribution is 8.03. The van der Waals surface area contributed by atoms with Gasteiger partial charge >= 0.3 is 0 Å². The van der Waals surface area contributed by atoms with Crippen LogP contribution in [0.1, 0.15) is 0 Å². The van der Waals surface area contributed by atoms with Crippen molar-refractivity contribution in [2.45, 2.75) is 4.90 Å². The van der Waals surface area contributed by atoms with Crippen LogP contribution in [0.5, 0.6) is 0 Å². The van der Waals surface area contributed by atoms with Gasteiger partial charge in [-0.2, -0.15) is 0 Å². The summed E-state index contributed by atoms with van der Waals surface area (Å²) >= 11 is 1.44. The Labute approximate surface area is 109 Å². The number of hydrogen-bond donors (Lipinski definition) is 1. The fourth-order valence-corrected chi connectivity index (χ4v) is 2.05. The van der Waals surface area contributed by atoms with Gasteiger partial charge in [0.15, 0.2) is 0 Å². The molecule has 0 spiro atoms. The Bertz CT molecular complexity index is 478. The van der Waals surface area contributed by atoms with Gasteiger partial charge in [0.05, 0.1) is 11.5 Å². The lowest BCUT2D eigenvalue weighted by molar-refractivity contribution is -0.384. The summed E-state index contributed by atoms with van der Waals surface area (Å²) in [6, 6.07) is 6.30. The molecule has 1 rings (SSSR count). The highest BCUT2D eigenvalue weighted by atomic mass is 32.2. The number of nitro benzene ring substituents is 1. The van der Waals surface area contributed by atoms with Crippen LogP contribution in [-0.2, 0) is 0 Å². The molecule has 0 saturated carbocycles. The summed E-state index contributed by atoms with van der Waals surface area (Å²) in [7, 11) is 0. The van der Waals surface area contributed by atoms with E-state index in [-0.39, 0.29) is 12.3 Å². The minimum absolute atomic E-state index is 0.0324. The molecule has 0 aliphatic carbocycles. The predicted molar refractivity (Wildman–Crippen MR) is 73.5 cm³/mol. The lowest BCUT2D eigenvalue weighted by Gasteiger charge is -2.01. The SMILES string of the molecule is C=C/C=C(\C=C/CO)Sc1ccc([N+](=O)[O-])cc1. The standard InChI is InChI=1S/C13H13NO3S/c1-2-4-12(5-3-10-15)18-13-8-6-11(7-9-13)14(16)17/h2-9,15H,1,10H2/b5-3-,12-4+. The number of aliphatic hydroxyl groups is 1. The third kappa shape index (κ3) is 4.57. The first-order valence-corrected chi connectivity index (χ1v) is 6.01. The second-order valence-electron chi connectivity index (χ2n) is 3.24. The van der Waals surface area contributed by atoms with Crippen LogP contribution >= 0.6 is 11.8 Å². The van der Waals surface area contributed by atoms with E-state index in [2.05, 4.69) is 6.58 Å². The Morgan fingerprint density at radius 1 is 1.44 bits per heavy atom. The van der Waals surface area contributed by atoms with E-state index in [1.807, 2.05) is 0 Å². The number of thioether (sulfide) groups is 1. The van der Waals surface area contributed by atoms with Crippen LogP contribution in [0.2, 0.25) is 0 Å². The maximum atomic E-state index is 10.5. The molecule has 0 radical (unpaired) electrons. The molecule has 1 aromatic carbocycles. The third-order valence-electron chi connectivity index (χ3n) is 1.95. The molecule has 0 unspecified atom stereocenters. The lowest BCUT2D eigenvalue weighted by atomic mass is 10.3. The molecule has 1 aromatic rings. The van der Waals surface area contributed by atoms with Gasteiger partial charge in [-0.05, 0) is 24.3 Å².